The van der Waals surface area contributed by atoms with Crippen LogP contribution >= 0.6 is 15.9 Å². The summed E-state index contributed by atoms with van der Waals surface area (Å²) >= 11 is 3.48. The summed E-state index contributed by atoms with van der Waals surface area (Å²) in [6.07, 6.45) is 1.68. The fourth-order valence-electron chi connectivity index (χ4n) is 3.11. The van der Waals surface area contributed by atoms with Gasteiger partial charge in [0.1, 0.15) is 18.1 Å². The van der Waals surface area contributed by atoms with Gasteiger partial charge in [0, 0.05) is 11.1 Å². The minimum Gasteiger partial charge on any atom is -0.493 e. The van der Waals surface area contributed by atoms with Crippen LogP contribution in [-0.4, -0.2) is 18.8 Å². The first kappa shape index (κ1) is 20.8. The van der Waals surface area contributed by atoms with Crippen molar-refractivity contribution in [3.63, 3.8) is 0 Å². The lowest BCUT2D eigenvalue weighted by Gasteiger charge is -2.14. The van der Waals surface area contributed by atoms with E-state index in [-0.39, 0.29) is 12.4 Å². The smallest absolute Gasteiger partial charge is 0.368 e. The van der Waals surface area contributed by atoms with Crippen molar-refractivity contribution in [3.8, 4) is 11.5 Å². The van der Waals surface area contributed by atoms with E-state index >= 15 is 0 Å². The van der Waals surface area contributed by atoms with Crippen LogP contribution in [0.2, 0.25) is 0 Å². The van der Waals surface area contributed by atoms with Gasteiger partial charge >= 0.3 is 5.97 Å². The molecule has 0 bridgehead atoms. The SMILES string of the molecule is COc1cc(/C=C2\C(=O)ON=C2c2ccccc2)cc(Br)c1OCc1ccccc1F. The molecular formula is C24H17BrFNO4. The monoisotopic (exact) mass is 481 g/mol. The molecule has 1 aliphatic rings. The number of nitrogens with zero attached hydrogens (tertiary/aromatic N) is 1. The van der Waals surface area contributed by atoms with Gasteiger partial charge in [0.25, 0.3) is 0 Å². The van der Waals surface area contributed by atoms with Gasteiger partial charge in [-0.25, -0.2) is 9.18 Å². The number of hydrogen-bond donors (Lipinski definition) is 0. The Morgan fingerprint density at radius 1 is 1.10 bits per heavy atom. The summed E-state index contributed by atoms with van der Waals surface area (Å²) in [5.74, 6) is -0.0128. The maximum atomic E-state index is 13.9. The second-order valence-corrected chi connectivity index (χ2v) is 7.51. The molecule has 0 saturated carbocycles. The highest BCUT2D eigenvalue weighted by molar-refractivity contribution is 9.10. The molecule has 0 saturated heterocycles. The lowest BCUT2D eigenvalue weighted by Crippen LogP contribution is -2.07. The summed E-state index contributed by atoms with van der Waals surface area (Å²) < 4.78 is 25.8. The van der Waals surface area contributed by atoms with Crippen molar-refractivity contribution in [2.24, 2.45) is 5.16 Å². The quantitative estimate of drug-likeness (QED) is 0.343. The van der Waals surface area contributed by atoms with E-state index < -0.39 is 5.97 Å². The predicted molar refractivity (Wildman–Crippen MR) is 118 cm³/mol. The average molecular weight is 482 g/mol. The van der Waals surface area contributed by atoms with E-state index in [1.807, 2.05) is 30.3 Å². The lowest BCUT2D eigenvalue weighted by molar-refractivity contribution is -0.136. The molecule has 3 aromatic rings. The Morgan fingerprint density at radius 2 is 1.84 bits per heavy atom. The first-order valence-corrected chi connectivity index (χ1v) is 10.2. The van der Waals surface area contributed by atoms with Crippen LogP contribution in [0.4, 0.5) is 4.39 Å². The molecule has 0 fully saturated rings. The van der Waals surface area contributed by atoms with Crippen molar-refractivity contribution < 1.29 is 23.5 Å². The summed E-state index contributed by atoms with van der Waals surface area (Å²) in [5.41, 5.74) is 2.68. The maximum absolute atomic E-state index is 13.9. The zero-order valence-corrected chi connectivity index (χ0v) is 18.1. The van der Waals surface area contributed by atoms with Crippen molar-refractivity contribution in [3.05, 3.63) is 99.3 Å². The molecule has 0 radical (unpaired) electrons. The van der Waals surface area contributed by atoms with Crippen LogP contribution in [0.1, 0.15) is 16.7 Å². The second-order valence-electron chi connectivity index (χ2n) is 6.66. The van der Waals surface area contributed by atoms with E-state index in [2.05, 4.69) is 21.1 Å². The van der Waals surface area contributed by atoms with Crippen molar-refractivity contribution in [2.45, 2.75) is 6.61 Å². The fraction of sp³-hybridized carbons (Fsp3) is 0.0833. The van der Waals surface area contributed by atoms with Gasteiger partial charge in [0.15, 0.2) is 11.5 Å². The predicted octanol–water partition coefficient (Wildman–Crippen LogP) is 5.52. The highest BCUT2D eigenvalue weighted by Gasteiger charge is 2.27. The van der Waals surface area contributed by atoms with Gasteiger partial charge in [-0.05, 0) is 45.8 Å². The van der Waals surface area contributed by atoms with Crippen molar-refractivity contribution >= 4 is 33.7 Å². The molecule has 0 unspecified atom stereocenters. The number of halogens is 2. The first-order valence-electron chi connectivity index (χ1n) is 9.37. The Hall–Kier alpha value is -3.45. The normalized spacial score (nSPS) is 14.4. The molecule has 5 nitrogen and oxygen atoms in total. The lowest BCUT2D eigenvalue weighted by atomic mass is 10.0. The van der Waals surface area contributed by atoms with Gasteiger partial charge in [-0.2, -0.15) is 0 Å². The van der Waals surface area contributed by atoms with Gasteiger partial charge in [-0.1, -0.05) is 53.7 Å². The molecule has 156 valence electrons. The highest BCUT2D eigenvalue weighted by Crippen LogP contribution is 2.38. The Morgan fingerprint density at radius 3 is 2.58 bits per heavy atom. The molecule has 0 spiro atoms. The minimum atomic E-state index is -0.533. The van der Waals surface area contributed by atoms with E-state index in [1.54, 1.807) is 36.4 Å². The molecule has 31 heavy (non-hydrogen) atoms. The van der Waals surface area contributed by atoms with E-state index in [0.29, 0.717) is 38.4 Å². The van der Waals surface area contributed by atoms with Gasteiger partial charge in [-0.15, -0.1) is 0 Å². The Bertz CT molecular complexity index is 1190. The Labute approximate surface area is 186 Å². The third kappa shape index (κ3) is 4.51. The fourth-order valence-corrected chi connectivity index (χ4v) is 3.68. The van der Waals surface area contributed by atoms with E-state index in [1.165, 1.54) is 13.2 Å². The number of benzene rings is 3. The summed E-state index contributed by atoms with van der Waals surface area (Å²) in [6.45, 7) is 0.0409. The van der Waals surface area contributed by atoms with Crippen LogP contribution in [0.5, 0.6) is 11.5 Å². The molecule has 3 aromatic carbocycles. The third-order valence-electron chi connectivity index (χ3n) is 4.63. The standard InChI is InChI=1S/C24H17BrFNO4/c1-29-21-13-15(11-18-22(27-31-24(18)28)16-7-3-2-4-8-16)12-19(25)23(21)30-14-17-9-5-6-10-20(17)26/h2-13H,14H2,1H3/b18-11-. The highest BCUT2D eigenvalue weighted by atomic mass is 79.9. The van der Waals surface area contributed by atoms with Gasteiger partial charge in [0.05, 0.1) is 17.2 Å². The van der Waals surface area contributed by atoms with Crippen LogP contribution in [0, 0.1) is 5.82 Å². The van der Waals surface area contributed by atoms with Crippen LogP contribution in [-0.2, 0) is 16.2 Å². The van der Waals surface area contributed by atoms with Crippen LogP contribution < -0.4 is 9.47 Å². The van der Waals surface area contributed by atoms with Gasteiger partial charge in [-0.3, -0.25) is 0 Å². The number of oxime groups is 1. The molecule has 4 rings (SSSR count). The number of rotatable bonds is 6. The number of carbonyl (C=O) groups excluding carboxylic acids is 1. The largest absolute Gasteiger partial charge is 0.493 e. The zero-order valence-electron chi connectivity index (χ0n) is 16.5. The Kier molecular flexibility index (Phi) is 6.13. The minimum absolute atomic E-state index is 0.0409. The van der Waals surface area contributed by atoms with Crippen LogP contribution in [0.25, 0.3) is 6.08 Å². The molecular weight excluding hydrogens is 465 g/mol. The van der Waals surface area contributed by atoms with Crippen molar-refractivity contribution in [1.29, 1.82) is 0 Å². The number of carbonyl (C=O) groups is 1. The zero-order chi connectivity index (χ0) is 21.8. The molecule has 0 N–H and O–H groups in total. The molecule has 0 atom stereocenters. The molecule has 0 amide bonds. The molecule has 1 aliphatic heterocycles. The van der Waals surface area contributed by atoms with Crippen LogP contribution in [0.3, 0.4) is 0 Å². The molecule has 0 aromatic heterocycles. The Balaban J connectivity index is 1.64. The first-order chi connectivity index (χ1) is 15.1. The number of methoxy groups -OCH3 is 1. The second kappa shape index (κ2) is 9.14. The van der Waals surface area contributed by atoms with E-state index in [9.17, 15) is 9.18 Å². The third-order valence-corrected chi connectivity index (χ3v) is 5.22. The van der Waals surface area contributed by atoms with Crippen molar-refractivity contribution in [2.75, 3.05) is 7.11 Å². The summed E-state index contributed by atoms with van der Waals surface area (Å²) in [7, 11) is 1.51. The molecule has 7 heteroatoms. The van der Waals surface area contributed by atoms with Crippen molar-refractivity contribution in [1.82, 2.24) is 0 Å². The van der Waals surface area contributed by atoms with E-state index in [0.717, 1.165) is 5.56 Å². The maximum Gasteiger partial charge on any atom is 0.368 e. The average Bonchev–Trinajstić information content (AvgIpc) is 3.14. The van der Waals surface area contributed by atoms with E-state index in [4.69, 9.17) is 14.3 Å². The summed E-state index contributed by atoms with van der Waals surface area (Å²) in [5, 5.41) is 3.91. The number of hydrogen-bond acceptors (Lipinski definition) is 5. The molecule has 0 aliphatic carbocycles. The summed E-state index contributed by atoms with van der Waals surface area (Å²) in [4.78, 5) is 17.1. The number of ether oxygens (including phenoxy) is 2. The topological polar surface area (TPSA) is 57.1 Å². The molecule has 1 heterocycles. The van der Waals surface area contributed by atoms with Crippen LogP contribution in [0.15, 0.2) is 81.9 Å². The summed E-state index contributed by atoms with van der Waals surface area (Å²) in [6, 6.07) is 19.2. The van der Waals surface area contributed by atoms with Gasteiger partial charge in [0.2, 0.25) is 0 Å². The van der Waals surface area contributed by atoms with Gasteiger partial charge < -0.3 is 14.3 Å².